The molecule has 1 N–H and O–H groups in total. The maximum atomic E-state index is 12.2. The van der Waals surface area contributed by atoms with Gasteiger partial charge in [0.2, 0.25) is 5.91 Å². The predicted molar refractivity (Wildman–Crippen MR) is 76.7 cm³/mol. The summed E-state index contributed by atoms with van der Waals surface area (Å²) in [5.74, 6) is -0.204. The summed E-state index contributed by atoms with van der Waals surface area (Å²) in [5.41, 5.74) is 2.89. The Morgan fingerprint density at radius 1 is 1.30 bits per heavy atom. The van der Waals surface area contributed by atoms with Crippen LogP contribution in [0.15, 0.2) is 5.16 Å². The molecule has 1 saturated heterocycles. The van der Waals surface area contributed by atoms with Gasteiger partial charge in [-0.05, 0) is 33.3 Å². The number of thioether (sulfide) groups is 1. The summed E-state index contributed by atoms with van der Waals surface area (Å²) in [6, 6.07) is -0.320. The number of aromatic nitrogens is 2. The van der Waals surface area contributed by atoms with Crippen molar-refractivity contribution < 1.29 is 9.59 Å². The molecule has 7 heteroatoms. The Kier molecular flexibility index (Phi) is 4.27. The molecule has 1 atom stereocenters. The van der Waals surface area contributed by atoms with E-state index in [4.69, 9.17) is 0 Å². The molecule has 0 radical (unpaired) electrons. The molecule has 1 aromatic heterocycles. The van der Waals surface area contributed by atoms with Gasteiger partial charge < -0.3 is 5.32 Å². The number of imide groups is 1. The molecule has 2 rings (SSSR count). The highest BCUT2D eigenvalue weighted by molar-refractivity contribution is 8.00. The molecule has 0 saturated carbocycles. The topological polar surface area (TPSA) is 75.2 Å². The number of carbonyl (C=O) groups excluding carboxylic acids is 2. The third kappa shape index (κ3) is 2.92. The number of nitrogens with zero attached hydrogens (tertiary/aromatic N) is 3. The molecule has 1 aromatic rings. The van der Waals surface area contributed by atoms with Gasteiger partial charge in [-0.3, -0.25) is 9.69 Å². The highest BCUT2D eigenvalue weighted by atomic mass is 32.2. The van der Waals surface area contributed by atoms with Crippen molar-refractivity contribution in [2.75, 3.05) is 13.1 Å². The second kappa shape index (κ2) is 5.78. The van der Waals surface area contributed by atoms with Crippen molar-refractivity contribution in [3.05, 3.63) is 17.0 Å². The zero-order valence-corrected chi connectivity index (χ0v) is 12.9. The van der Waals surface area contributed by atoms with Crippen LogP contribution in [0.1, 0.15) is 23.9 Å². The van der Waals surface area contributed by atoms with E-state index in [1.807, 2.05) is 20.8 Å². The van der Waals surface area contributed by atoms with Gasteiger partial charge in [-0.2, -0.15) is 0 Å². The third-order valence-electron chi connectivity index (χ3n) is 3.36. The van der Waals surface area contributed by atoms with Crippen molar-refractivity contribution in [2.24, 2.45) is 0 Å². The molecule has 6 nitrogen and oxygen atoms in total. The quantitative estimate of drug-likeness (QED) is 0.674. The number of carbonyl (C=O) groups is 2. The molecule has 3 amide bonds. The van der Waals surface area contributed by atoms with Gasteiger partial charge in [0.15, 0.2) is 5.16 Å². The first-order valence-corrected chi connectivity index (χ1v) is 7.36. The SMILES string of the molecule is Cc1nc(S[C@H](C)C(=O)N2CCNC2=O)nc(C)c1C. The van der Waals surface area contributed by atoms with E-state index >= 15 is 0 Å². The van der Waals surface area contributed by atoms with Crippen LogP contribution >= 0.6 is 11.8 Å². The fraction of sp³-hybridized carbons (Fsp3) is 0.538. The van der Waals surface area contributed by atoms with Gasteiger partial charge in [0.25, 0.3) is 0 Å². The highest BCUT2D eigenvalue weighted by Gasteiger charge is 2.30. The van der Waals surface area contributed by atoms with Crippen LogP contribution in [0, 0.1) is 20.8 Å². The van der Waals surface area contributed by atoms with Crippen LogP contribution in [-0.2, 0) is 4.79 Å². The first kappa shape index (κ1) is 14.8. The minimum atomic E-state index is -0.389. The van der Waals surface area contributed by atoms with Crippen LogP contribution in [0.3, 0.4) is 0 Å². The standard InChI is InChI=1S/C13H18N4O2S/c1-7-8(2)15-12(16-9(7)3)20-10(4)11(18)17-6-5-14-13(17)19/h10H,5-6H2,1-4H3,(H,14,19)/t10-/m1/s1. The number of aryl methyl sites for hydroxylation is 2. The number of urea groups is 1. The Hall–Kier alpha value is -1.63. The van der Waals surface area contributed by atoms with E-state index in [0.29, 0.717) is 18.2 Å². The molecule has 1 fully saturated rings. The van der Waals surface area contributed by atoms with Crippen molar-refractivity contribution in [3.8, 4) is 0 Å². The maximum absolute atomic E-state index is 12.2. The molecule has 2 heterocycles. The van der Waals surface area contributed by atoms with Crippen LogP contribution in [0.5, 0.6) is 0 Å². The van der Waals surface area contributed by atoms with E-state index < -0.39 is 0 Å². The maximum Gasteiger partial charge on any atom is 0.324 e. The molecule has 1 aliphatic rings. The lowest BCUT2D eigenvalue weighted by atomic mass is 10.2. The monoisotopic (exact) mass is 294 g/mol. The molecular weight excluding hydrogens is 276 g/mol. The summed E-state index contributed by atoms with van der Waals surface area (Å²) in [7, 11) is 0. The Morgan fingerprint density at radius 3 is 2.40 bits per heavy atom. The summed E-state index contributed by atoms with van der Waals surface area (Å²) in [6.45, 7) is 8.54. The van der Waals surface area contributed by atoms with Crippen LogP contribution in [0.2, 0.25) is 0 Å². The molecule has 0 aliphatic carbocycles. The van der Waals surface area contributed by atoms with Crippen LogP contribution in [-0.4, -0.2) is 45.1 Å². The van der Waals surface area contributed by atoms with Crippen molar-refractivity contribution in [3.63, 3.8) is 0 Å². The van der Waals surface area contributed by atoms with Gasteiger partial charge >= 0.3 is 6.03 Å². The lowest BCUT2D eigenvalue weighted by Crippen LogP contribution is -2.39. The van der Waals surface area contributed by atoms with E-state index in [2.05, 4.69) is 15.3 Å². The minimum absolute atomic E-state index is 0.204. The predicted octanol–water partition coefficient (Wildman–Crippen LogP) is 1.43. The van der Waals surface area contributed by atoms with Crippen LogP contribution < -0.4 is 5.32 Å². The van der Waals surface area contributed by atoms with Gasteiger partial charge in [-0.25, -0.2) is 14.8 Å². The van der Waals surface area contributed by atoms with Gasteiger partial charge in [0, 0.05) is 24.5 Å². The van der Waals surface area contributed by atoms with Gasteiger partial charge in [0.1, 0.15) is 0 Å². The summed E-state index contributed by atoms with van der Waals surface area (Å²) in [6.07, 6.45) is 0. The van der Waals surface area contributed by atoms with Crippen molar-refractivity contribution in [2.45, 2.75) is 38.1 Å². The third-order valence-corrected chi connectivity index (χ3v) is 4.31. The Labute approximate surface area is 122 Å². The summed E-state index contributed by atoms with van der Waals surface area (Å²) < 4.78 is 0. The van der Waals surface area contributed by atoms with Crippen molar-refractivity contribution in [1.82, 2.24) is 20.2 Å². The van der Waals surface area contributed by atoms with E-state index in [-0.39, 0.29) is 17.2 Å². The van der Waals surface area contributed by atoms with Gasteiger partial charge in [0.05, 0.1) is 5.25 Å². The molecular formula is C13H18N4O2S. The fourth-order valence-electron chi connectivity index (χ4n) is 1.90. The smallest absolute Gasteiger partial charge is 0.324 e. The Morgan fingerprint density at radius 2 is 1.90 bits per heavy atom. The molecule has 20 heavy (non-hydrogen) atoms. The molecule has 0 spiro atoms. The Bertz CT molecular complexity index is 538. The van der Waals surface area contributed by atoms with Crippen molar-refractivity contribution >= 4 is 23.7 Å². The van der Waals surface area contributed by atoms with E-state index in [1.165, 1.54) is 16.7 Å². The fourth-order valence-corrected chi connectivity index (χ4v) is 2.83. The first-order valence-electron chi connectivity index (χ1n) is 6.48. The van der Waals surface area contributed by atoms with Crippen LogP contribution in [0.4, 0.5) is 4.79 Å². The summed E-state index contributed by atoms with van der Waals surface area (Å²) in [5, 5.41) is 2.81. The van der Waals surface area contributed by atoms with E-state index in [9.17, 15) is 9.59 Å². The van der Waals surface area contributed by atoms with Gasteiger partial charge in [-0.1, -0.05) is 11.8 Å². The lowest BCUT2D eigenvalue weighted by Gasteiger charge is -2.17. The molecule has 0 unspecified atom stereocenters. The normalized spacial score (nSPS) is 16.2. The summed E-state index contributed by atoms with van der Waals surface area (Å²) >= 11 is 1.28. The van der Waals surface area contributed by atoms with Crippen LogP contribution in [0.25, 0.3) is 0 Å². The van der Waals surface area contributed by atoms with Gasteiger partial charge in [-0.15, -0.1) is 0 Å². The average molecular weight is 294 g/mol. The molecule has 108 valence electrons. The molecule has 1 aliphatic heterocycles. The van der Waals surface area contributed by atoms with Crippen molar-refractivity contribution in [1.29, 1.82) is 0 Å². The van der Waals surface area contributed by atoms with E-state index in [0.717, 1.165) is 17.0 Å². The molecule has 0 bridgehead atoms. The number of hydrogen-bond donors (Lipinski definition) is 1. The zero-order chi connectivity index (χ0) is 14.9. The second-order valence-electron chi connectivity index (χ2n) is 4.78. The number of rotatable bonds is 3. The van der Waals surface area contributed by atoms with E-state index in [1.54, 1.807) is 6.92 Å². The largest absolute Gasteiger partial charge is 0.336 e. The molecule has 0 aromatic carbocycles. The average Bonchev–Trinajstić information content (AvgIpc) is 2.81. The summed E-state index contributed by atoms with van der Waals surface area (Å²) in [4.78, 5) is 33.7. The second-order valence-corrected chi connectivity index (χ2v) is 6.09. The lowest BCUT2D eigenvalue weighted by molar-refractivity contribution is -0.126. The minimum Gasteiger partial charge on any atom is -0.336 e. The number of amides is 3. The number of nitrogens with one attached hydrogen (secondary N) is 1. The number of hydrogen-bond acceptors (Lipinski definition) is 5. The first-order chi connectivity index (χ1) is 9.40. The zero-order valence-electron chi connectivity index (χ0n) is 12.1. The highest BCUT2D eigenvalue weighted by Crippen LogP contribution is 2.23. The Balaban J connectivity index is 2.09.